The van der Waals surface area contributed by atoms with Crippen molar-refractivity contribution < 1.29 is 14.2 Å². The molecular formula is C14H16BrNO3S. The minimum Gasteiger partial charge on any atom is -0.493 e. The van der Waals surface area contributed by atoms with Crippen LogP contribution in [0.2, 0.25) is 0 Å². The summed E-state index contributed by atoms with van der Waals surface area (Å²) in [5, 5.41) is 0. The normalized spacial score (nSPS) is 10.4. The van der Waals surface area contributed by atoms with Gasteiger partial charge in [-0.05, 0) is 45.8 Å². The highest BCUT2D eigenvalue weighted by molar-refractivity contribution is 9.11. The highest BCUT2D eigenvalue weighted by Crippen LogP contribution is 2.39. The zero-order valence-corrected chi connectivity index (χ0v) is 13.7. The van der Waals surface area contributed by atoms with Crippen molar-refractivity contribution >= 4 is 27.3 Å². The molecule has 0 aliphatic carbocycles. The van der Waals surface area contributed by atoms with Crippen molar-refractivity contribution in [1.82, 2.24) is 0 Å². The van der Waals surface area contributed by atoms with Crippen LogP contribution >= 0.6 is 27.3 Å². The summed E-state index contributed by atoms with van der Waals surface area (Å²) >= 11 is 5.06. The van der Waals surface area contributed by atoms with Gasteiger partial charge in [-0.2, -0.15) is 0 Å². The van der Waals surface area contributed by atoms with Gasteiger partial charge in [0.15, 0.2) is 11.5 Å². The Labute approximate surface area is 130 Å². The molecular weight excluding hydrogens is 342 g/mol. The summed E-state index contributed by atoms with van der Waals surface area (Å²) < 4.78 is 17.6. The molecule has 2 N–H and O–H groups in total. The van der Waals surface area contributed by atoms with Gasteiger partial charge < -0.3 is 19.9 Å². The van der Waals surface area contributed by atoms with E-state index in [0.717, 1.165) is 14.2 Å². The smallest absolute Gasteiger partial charge is 0.203 e. The van der Waals surface area contributed by atoms with Crippen molar-refractivity contribution in [1.29, 1.82) is 0 Å². The lowest BCUT2D eigenvalue weighted by atomic mass is 10.2. The van der Waals surface area contributed by atoms with Crippen molar-refractivity contribution in [2.24, 2.45) is 5.73 Å². The molecule has 0 bridgehead atoms. The molecule has 6 heteroatoms. The van der Waals surface area contributed by atoms with Crippen molar-refractivity contribution in [3.63, 3.8) is 0 Å². The van der Waals surface area contributed by atoms with Gasteiger partial charge in [0.25, 0.3) is 0 Å². The lowest BCUT2D eigenvalue weighted by Crippen LogP contribution is -2.02. The fraction of sp³-hybridized carbons (Fsp3) is 0.286. The molecule has 0 saturated carbocycles. The molecule has 2 aromatic rings. The summed E-state index contributed by atoms with van der Waals surface area (Å²) in [5.74, 6) is 1.84. The molecule has 4 nitrogen and oxygen atoms in total. The Balaban J connectivity index is 2.24. The van der Waals surface area contributed by atoms with Gasteiger partial charge in [-0.25, -0.2) is 0 Å². The van der Waals surface area contributed by atoms with Crippen LogP contribution in [-0.2, 0) is 13.2 Å². The molecule has 1 aromatic heterocycles. The lowest BCUT2D eigenvalue weighted by molar-refractivity contribution is 0.268. The predicted octanol–water partition coefficient (Wildman–Crippen LogP) is 3.57. The van der Waals surface area contributed by atoms with E-state index in [9.17, 15) is 0 Å². The Morgan fingerprint density at radius 3 is 2.25 bits per heavy atom. The number of rotatable bonds is 6. The van der Waals surface area contributed by atoms with Crippen LogP contribution in [0.1, 0.15) is 10.4 Å². The second-order valence-electron chi connectivity index (χ2n) is 4.03. The van der Waals surface area contributed by atoms with Crippen LogP contribution in [-0.4, -0.2) is 14.2 Å². The molecule has 0 aliphatic heterocycles. The molecule has 20 heavy (non-hydrogen) atoms. The van der Waals surface area contributed by atoms with Crippen LogP contribution in [0.15, 0.2) is 28.1 Å². The minimum atomic E-state index is 0.421. The van der Waals surface area contributed by atoms with Gasteiger partial charge in [0, 0.05) is 11.4 Å². The van der Waals surface area contributed by atoms with E-state index in [1.807, 2.05) is 24.3 Å². The highest BCUT2D eigenvalue weighted by Gasteiger charge is 2.14. The Hall–Kier alpha value is -1.24. The quantitative estimate of drug-likeness (QED) is 0.858. The maximum Gasteiger partial charge on any atom is 0.203 e. The summed E-state index contributed by atoms with van der Waals surface area (Å²) in [4.78, 5) is 1.11. The van der Waals surface area contributed by atoms with Crippen LogP contribution in [0, 0.1) is 0 Å². The van der Waals surface area contributed by atoms with Gasteiger partial charge in [-0.15, -0.1) is 11.3 Å². The second-order valence-corrected chi connectivity index (χ2v) is 6.58. The first-order valence-corrected chi connectivity index (χ1v) is 7.61. The van der Waals surface area contributed by atoms with E-state index in [4.69, 9.17) is 19.9 Å². The number of ether oxygens (including phenoxy) is 3. The molecule has 0 spiro atoms. The molecule has 108 valence electrons. The zero-order valence-electron chi connectivity index (χ0n) is 11.3. The van der Waals surface area contributed by atoms with E-state index in [1.165, 1.54) is 0 Å². The average molecular weight is 358 g/mol. The third kappa shape index (κ3) is 3.45. The molecule has 0 fully saturated rings. The molecule has 2 rings (SSSR count). The van der Waals surface area contributed by atoms with E-state index >= 15 is 0 Å². The summed E-state index contributed by atoms with van der Waals surface area (Å²) in [7, 11) is 3.20. The minimum absolute atomic E-state index is 0.421. The number of benzene rings is 1. The van der Waals surface area contributed by atoms with Crippen LogP contribution in [0.25, 0.3) is 0 Å². The summed E-state index contributed by atoms with van der Waals surface area (Å²) in [6, 6.07) is 7.74. The standard InChI is InChI=1S/C14H16BrNO3S/c1-17-11-5-9(7-16)6-12(18-2)14(11)19-8-10-3-4-13(15)20-10/h3-6H,7-8,16H2,1-2H3. The average Bonchev–Trinajstić information content (AvgIpc) is 2.89. The monoisotopic (exact) mass is 357 g/mol. The van der Waals surface area contributed by atoms with Gasteiger partial charge in [-0.1, -0.05) is 0 Å². The van der Waals surface area contributed by atoms with E-state index in [-0.39, 0.29) is 0 Å². The van der Waals surface area contributed by atoms with E-state index in [0.29, 0.717) is 30.4 Å². The van der Waals surface area contributed by atoms with Gasteiger partial charge in [0.2, 0.25) is 5.75 Å². The van der Waals surface area contributed by atoms with E-state index < -0.39 is 0 Å². The first-order valence-electron chi connectivity index (χ1n) is 6.00. The Kier molecular flexibility index (Phi) is 5.28. The summed E-state index contributed by atoms with van der Waals surface area (Å²) in [5.41, 5.74) is 6.59. The van der Waals surface area contributed by atoms with E-state index in [1.54, 1.807) is 25.6 Å². The topological polar surface area (TPSA) is 53.7 Å². The molecule has 1 aromatic carbocycles. The van der Waals surface area contributed by atoms with Crippen LogP contribution in [0.5, 0.6) is 17.2 Å². The maximum absolute atomic E-state index is 5.85. The molecule has 0 aliphatic rings. The van der Waals surface area contributed by atoms with Crippen LogP contribution in [0.4, 0.5) is 0 Å². The Bertz CT molecular complexity index is 561. The van der Waals surface area contributed by atoms with Gasteiger partial charge in [0.1, 0.15) is 6.61 Å². The number of hydrogen-bond acceptors (Lipinski definition) is 5. The molecule has 0 saturated heterocycles. The highest BCUT2D eigenvalue weighted by atomic mass is 79.9. The lowest BCUT2D eigenvalue weighted by Gasteiger charge is -2.15. The first-order chi connectivity index (χ1) is 9.67. The fourth-order valence-corrected chi connectivity index (χ4v) is 3.16. The Morgan fingerprint density at radius 2 is 1.80 bits per heavy atom. The van der Waals surface area contributed by atoms with Gasteiger partial charge in [0.05, 0.1) is 18.0 Å². The van der Waals surface area contributed by atoms with Crippen molar-refractivity contribution in [2.45, 2.75) is 13.2 Å². The van der Waals surface area contributed by atoms with E-state index in [2.05, 4.69) is 15.9 Å². The number of hydrogen-bond donors (Lipinski definition) is 1. The Morgan fingerprint density at radius 1 is 1.15 bits per heavy atom. The number of halogens is 1. The number of thiophene rings is 1. The summed E-state index contributed by atoms with van der Waals surface area (Å²) in [6.45, 7) is 0.885. The molecule has 1 heterocycles. The molecule has 0 atom stereocenters. The largest absolute Gasteiger partial charge is 0.493 e. The third-order valence-electron chi connectivity index (χ3n) is 2.74. The third-order valence-corrected chi connectivity index (χ3v) is 4.34. The van der Waals surface area contributed by atoms with Crippen molar-refractivity contribution in [2.75, 3.05) is 14.2 Å². The number of nitrogens with two attached hydrogens (primary N) is 1. The summed E-state index contributed by atoms with van der Waals surface area (Å²) in [6.07, 6.45) is 0. The molecule has 0 unspecified atom stereocenters. The zero-order chi connectivity index (χ0) is 14.5. The van der Waals surface area contributed by atoms with Gasteiger partial charge in [-0.3, -0.25) is 0 Å². The second kappa shape index (κ2) is 6.97. The van der Waals surface area contributed by atoms with Crippen molar-refractivity contribution in [3.8, 4) is 17.2 Å². The first kappa shape index (κ1) is 15.2. The van der Waals surface area contributed by atoms with Gasteiger partial charge >= 0.3 is 0 Å². The molecule has 0 radical (unpaired) electrons. The fourth-order valence-electron chi connectivity index (χ4n) is 1.77. The van der Waals surface area contributed by atoms with Crippen LogP contribution in [0.3, 0.4) is 0 Å². The van der Waals surface area contributed by atoms with Crippen molar-refractivity contribution in [3.05, 3.63) is 38.5 Å². The predicted molar refractivity (Wildman–Crippen MR) is 83.8 cm³/mol. The number of methoxy groups -OCH3 is 2. The molecule has 0 amide bonds. The SMILES string of the molecule is COc1cc(CN)cc(OC)c1OCc1ccc(Br)s1. The maximum atomic E-state index is 5.85. The van der Waals surface area contributed by atoms with Crippen LogP contribution < -0.4 is 19.9 Å².